The van der Waals surface area contributed by atoms with E-state index in [0.717, 1.165) is 18.8 Å². The van der Waals surface area contributed by atoms with Crippen LogP contribution in [0.15, 0.2) is 18.2 Å². The number of halogens is 2. The van der Waals surface area contributed by atoms with E-state index in [9.17, 15) is 0 Å². The van der Waals surface area contributed by atoms with Gasteiger partial charge in [-0.3, -0.25) is 0 Å². The summed E-state index contributed by atoms with van der Waals surface area (Å²) in [6.07, 6.45) is 4.76. The highest BCUT2D eigenvalue weighted by atomic mass is 35.5. The van der Waals surface area contributed by atoms with Crippen molar-refractivity contribution >= 4 is 28.9 Å². The van der Waals surface area contributed by atoms with Crippen molar-refractivity contribution in [2.45, 2.75) is 39.5 Å². The Kier molecular flexibility index (Phi) is 6.76. The lowest BCUT2D eigenvalue weighted by Crippen LogP contribution is -2.25. The summed E-state index contributed by atoms with van der Waals surface area (Å²) in [4.78, 5) is 2.35. The Morgan fingerprint density at radius 2 is 1.59 bits per heavy atom. The van der Waals surface area contributed by atoms with Crippen LogP contribution in [0.1, 0.15) is 39.5 Å². The molecule has 96 valence electrons. The van der Waals surface area contributed by atoms with Crippen LogP contribution < -0.4 is 4.90 Å². The number of benzene rings is 1. The molecule has 0 aromatic heterocycles. The van der Waals surface area contributed by atoms with E-state index >= 15 is 0 Å². The third kappa shape index (κ3) is 4.40. The van der Waals surface area contributed by atoms with Crippen LogP contribution in [-0.2, 0) is 0 Å². The first-order valence-electron chi connectivity index (χ1n) is 6.39. The molecule has 0 N–H and O–H groups in total. The highest BCUT2D eigenvalue weighted by Crippen LogP contribution is 2.32. The van der Waals surface area contributed by atoms with Gasteiger partial charge in [0.05, 0.1) is 15.7 Å². The van der Waals surface area contributed by atoms with Crippen LogP contribution in [0.5, 0.6) is 0 Å². The molecule has 0 unspecified atom stereocenters. The van der Waals surface area contributed by atoms with Crippen LogP contribution in [0.4, 0.5) is 5.69 Å². The monoisotopic (exact) mass is 273 g/mol. The summed E-state index contributed by atoms with van der Waals surface area (Å²) in [6.45, 7) is 6.52. The summed E-state index contributed by atoms with van der Waals surface area (Å²) in [5.74, 6) is 0. The molecule has 1 aromatic rings. The molecule has 1 nitrogen and oxygen atoms in total. The van der Waals surface area contributed by atoms with E-state index in [4.69, 9.17) is 23.2 Å². The van der Waals surface area contributed by atoms with Gasteiger partial charge in [-0.2, -0.15) is 0 Å². The minimum Gasteiger partial charge on any atom is -0.370 e. The molecule has 0 saturated carbocycles. The van der Waals surface area contributed by atoms with Gasteiger partial charge in [0.1, 0.15) is 0 Å². The van der Waals surface area contributed by atoms with Gasteiger partial charge in [0.15, 0.2) is 0 Å². The normalized spacial score (nSPS) is 10.6. The molecule has 0 fully saturated rings. The SMILES string of the molecule is CCCCN(CCCC)c1cccc(Cl)c1Cl. The topological polar surface area (TPSA) is 3.24 Å². The van der Waals surface area contributed by atoms with Gasteiger partial charge in [-0.15, -0.1) is 0 Å². The fraction of sp³-hybridized carbons (Fsp3) is 0.571. The predicted molar refractivity (Wildman–Crippen MR) is 78.5 cm³/mol. The average Bonchev–Trinajstić information content (AvgIpc) is 2.34. The zero-order chi connectivity index (χ0) is 12.7. The Balaban J connectivity index is 2.83. The van der Waals surface area contributed by atoms with Gasteiger partial charge in [-0.1, -0.05) is 56.0 Å². The van der Waals surface area contributed by atoms with E-state index in [1.165, 1.54) is 25.7 Å². The van der Waals surface area contributed by atoms with Crippen LogP contribution in [0.25, 0.3) is 0 Å². The minimum atomic E-state index is 0.641. The summed E-state index contributed by atoms with van der Waals surface area (Å²) < 4.78 is 0. The molecule has 0 aliphatic heterocycles. The fourth-order valence-corrected chi connectivity index (χ4v) is 2.20. The smallest absolute Gasteiger partial charge is 0.0825 e. The molecule has 0 spiro atoms. The number of anilines is 1. The molecule has 17 heavy (non-hydrogen) atoms. The van der Waals surface area contributed by atoms with E-state index in [1.54, 1.807) is 0 Å². The van der Waals surface area contributed by atoms with Crippen molar-refractivity contribution in [3.63, 3.8) is 0 Å². The lowest BCUT2D eigenvalue weighted by molar-refractivity contribution is 0.678. The molecule has 0 heterocycles. The van der Waals surface area contributed by atoms with Gasteiger partial charge in [-0.25, -0.2) is 0 Å². The number of nitrogens with zero attached hydrogens (tertiary/aromatic N) is 1. The third-order valence-corrected chi connectivity index (χ3v) is 3.64. The number of hydrogen-bond donors (Lipinski definition) is 0. The van der Waals surface area contributed by atoms with Gasteiger partial charge >= 0.3 is 0 Å². The van der Waals surface area contributed by atoms with Crippen molar-refractivity contribution in [1.29, 1.82) is 0 Å². The van der Waals surface area contributed by atoms with Crippen molar-refractivity contribution in [2.24, 2.45) is 0 Å². The molecular weight excluding hydrogens is 253 g/mol. The zero-order valence-corrected chi connectivity index (χ0v) is 12.2. The van der Waals surface area contributed by atoms with E-state index in [2.05, 4.69) is 24.8 Å². The van der Waals surface area contributed by atoms with Gasteiger partial charge < -0.3 is 4.90 Å². The quantitative estimate of drug-likeness (QED) is 0.643. The molecule has 0 aliphatic carbocycles. The highest BCUT2D eigenvalue weighted by molar-refractivity contribution is 6.43. The van der Waals surface area contributed by atoms with Crippen molar-refractivity contribution in [1.82, 2.24) is 0 Å². The molecule has 0 aliphatic rings. The standard InChI is InChI=1S/C14H21Cl2N/c1-3-5-10-17(11-6-4-2)13-9-7-8-12(15)14(13)16/h7-9H,3-6,10-11H2,1-2H3. The van der Waals surface area contributed by atoms with Crippen LogP contribution >= 0.6 is 23.2 Å². The first kappa shape index (κ1) is 14.7. The zero-order valence-electron chi connectivity index (χ0n) is 10.7. The Bertz CT molecular complexity index is 331. The molecule has 0 saturated heterocycles. The first-order chi connectivity index (χ1) is 8.20. The molecule has 0 atom stereocenters. The lowest BCUT2D eigenvalue weighted by Gasteiger charge is -2.26. The Hall–Kier alpha value is -0.400. The maximum atomic E-state index is 6.27. The average molecular weight is 274 g/mol. The van der Waals surface area contributed by atoms with Crippen molar-refractivity contribution in [2.75, 3.05) is 18.0 Å². The highest BCUT2D eigenvalue weighted by Gasteiger charge is 2.11. The van der Waals surface area contributed by atoms with Gasteiger partial charge in [0.2, 0.25) is 0 Å². The van der Waals surface area contributed by atoms with Crippen LogP contribution in [0, 0.1) is 0 Å². The van der Waals surface area contributed by atoms with E-state index in [-0.39, 0.29) is 0 Å². The summed E-state index contributed by atoms with van der Waals surface area (Å²) in [5.41, 5.74) is 1.07. The molecule has 3 heteroatoms. The van der Waals surface area contributed by atoms with Crippen LogP contribution in [0.2, 0.25) is 10.0 Å². The summed E-state index contributed by atoms with van der Waals surface area (Å²) in [6, 6.07) is 5.86. The van der Waals surface area contributed by atoms with Crippen molar-refractivity contribution < 1.29 is 0 Å². The number of unbranched alkanes of at least 4 members (excludes halogenated alkanes) is 2. The van der Waals surface area contributed by atoms with Gasteiger partial charge in [-0.05, 0) is 25.0 Å². The van der Waals surface area contributed by atoms with Crippen LogP contribution in [-0.4, -0.2) is 13.1 Å². The largest absolute Gasteiger partial charge is 0.370 e. The minimum absolute atomic E-state index is 0.641. The Labute approximate surface area is 115 Å². The van der Waals surface area contributed by atoms with Gasteiger partial charge in [0, 0.05) is 13.1 Å². The summed E-state index contributed by atoms with van der Waals surface area (Å²) in [5, 5.41) is 1.32. The molecule has 1 aromatic carbocycles. The summed E-state index contributed by atoms with van der Waals surface area (Å²) in [7, 11) is 0. The second-order valence-corrected chi connectivity index (χ2v) is 5.05. The lowest BCUT2D eigenvalue weighted by atomic mass is 10.2. The molecule has 0 amide bonds. The molecule has 0 radical (unpaired) electrons. The maximum absolute atomic E-state index is 6.27. The number of rotatable bonds is 7. The predicted octanol–water partition coefficient (Wildman–Crippen LogP) is 5.40. The fourth-order valence-electron chi connectivity index (χ4n) is 1.79. The van der Waals surface area contributed by atoms with E-state index in [1.807, 2.05) is 12.1 Å². The van der Waals surface area contributed by atoms with E-state index < -0.39 is 0 Å². The van der Waals surface area contributed by atoms with Gasteiger partial charge in [0.25, 0.3) is 0 Å². The molecule has 1 rings (SSSR count). The van der Waals surface area contributed by atoms with Crippen molar-refractivity contribution in [3.8, 4) is 0 Å². The first-order valence-corrected chi connectivity index (χ1v) is 7.15. The van der Waals surface area contributed by atoms with Crippen molar-refractivity contribution in [3.05, 3.63) is 28.2 Å². The Morgan fingerprint density at radius 1 is 1.00 bits per heavy atom. The third-order valence-electron chi connectivity index (χ3n) is 2.84. The Morgan fingerprint density at radius 3 is 2.12 bits per heavy atom. The molecular formula is C14H21Cl2N. The number of hydrogen-bond acceptors (Lipinski definition) is 1. The summed E-state index contributed by atoms with van der Waals surface area (Å²) >= 11 is 12.3. The second kappa shape index (κ2) is 7.84. The van der Waals surface area contributed by atoms with E-state index in [0.29, 0.717) is 10.0 Å². The second-order valence-electron chi connectivity index (χ2n) is 4.27. The van der Waals surface area contributed by atoms with Crippen LogP contribution in [0.3, 0.4) is 0 Å². The molecule has 0 bridgehead atoms. The maximum Gasteiger partial charge on any atom is 0.0825 e.